The zero-order chi connectivity index (χ0) is 14.4. The number of benzene rings is 2. The summed E-state index contributed by atoms with van der Waals surface area (Å²) in [6.07, 6.45) is 3.05. The minimum Gasteiger partial charge on any atom is -0.497 e. The number of allylic oxidation sites excluding steroid dienone is 1. The molecule has 0 fully saturated rings. The molecule has 0 radical (unpaired) electrons. The third-order valence-corrected chi connectivity index (χ3v) is 2.81. The highest BCUT2D eigenvalue weighted by molar-refractivity contribution is 6.04. The number of hydrogen-bond acceptors (Lipinski definition) is 4. The monoisotopic (exact) mass is 268 g/mol. The standard InChI is InChI=1S/C16H16N2O2/c1-20-13-8-6-12(7-9-13)16(19)10-11-18-15-5-3-2-4-14(15)17/h2-11,18H,17H2,1H3/b11-10+. The maximum atomic E-state index is 11.9. The van der Waals surface area contributed by atoms with Crippen LogP contribution in [0.25, 0.3) is 0 Å². The number of para-hydroxylation sites is 2. The van der Waals surface area contributed by atoms with Gasteiger partial charge in [0.05, 0.1) is 18.5 Å². The van der Waals surface area contributed by atoms with Crippen molar-refractivity contribution in [3.05, 3.63) is 66.4 Å². The normalized spacial score (nSPS) is 10.4. The fraction of sp³-hybridized carbons (Fsp3) is 0.0625. The Bertz CT molecular complexity index is 619. The number of nitrogens with one attached hydrogen (secondary N) is 1. The van der Waals surface area contributed by atoms with E-state index >= 15 is 0 Å². The lowest BCUT2D eigenvalue weighted by molar-refractivity contribution is 0.104. The number of methoxy groups -OCH3 is 1. The highest BCUT2D eigenvalue weighted by Crippen LogP contribution is 2.16. The average molecular weight is 268 g/mol. The minimum absolute atomic E-state index is 0.0883. The number of rotatable bonds is 5. The number of nitrogens with two attached hydrogens (primary N) is 1. The van der Waals surface area contributed by atoms with Crippen molar-refractivity contribution in [3.63, 3.8) is 0 Å². The van der Waals surface area contributed by atoms with Crippen molar-refractivity contribution < 1.29 is 9.53 Å². The van der Waals surface area contributed by atoms with Gasteiger partial charge in [-0.1, -0.05) is 12.1 Å². The Morgan fingerprint density at radius 3 is 2.50 bits per heavy atom. The molecule has 0 amide bonds. The second kappa shape index (κ2) is 6.43. The van der Waals surface area contributed by atoms with E-state index in [1.807, 2.05) is 18.2 Å². The SMILES string of the molecule is COc1ccc(C(=O)/C=C/Nc2ccccc2N)cc1. The molecule has 4 heteroatoms. The van der Waals surface area contributed by atoms with Gasteiger partial charge >= 0.3 is 0 Å². The quantitative estimate of drug-likeness (QED) is 0.497. The van der Waals surface area contributed by atoms with Crippen LogP contribution in [0.5, 0.6) is 5.75 Å². The summed E-state index contributed by atoms with van der Waals surface area (Å²) >= 11 is 0. The number of carbonyl (C=O) groups is 1. The van der Waals surface area contributed by atoms with Crippen molar-refractivity contribution in [1.82, 2.24) is 0 Å². The molecule has 0 spiro atoms. The van der Waals surface area contributed by atoms with Crippen molar-refractivity contribution in [2.75, 3.05) is 18.2 Å². The Morgan fingerprint density at radius 2 is 1.85 bits per heavy atom. The van der Waals surface area contributed by atoms with Gasteiger partial charge in [-0.25, -0.2) is 0 Å². The van der Waals surface area contributed by atoms with Crippen LogP contribution in [0.2, 0.25) is 0 Å². The Balaban J connectivity index is 2.00. The Kier molecular flexibility index (Phi) is 4.39. The molecule has 0 heterocycles. The molecule has 0 saturated heterocycles. The molecule has 0 aliphatic carbocycles. The summed E-state index contributed by atoms with van der Waals surface area (Å²) in [5, 5.41) is 2.99. The molecule has 0 aliphatic heterocycles. The first kappa shape index (κ1) is 13.7. The van der Waals surface area contributed by atoms with Gasteiger partial charge in [-0.3, -0.25) is 4.79 Å². The van der Waals surface area contributed by atoms with Crippen LogP contribution >= 0.6 is 0 Å². The molecule has 0 aliphatic rings. The number of carbonyl (C=O) groups excluding carboxylic acids is 1. The van der Waals surface area contributed by atoms with Crippen LogP contribution in [0.1, 0.15) is 10.4 Å². The lowest BCUT2D eigenvalue weighted by Crippen LogP contribution is -1.98. The largest absolute Gasteiger partial charge is 0.497 e. The third-order valence-electron chi connectivity index (χ3n) is 2.81. The van der Waals surface area contributed by atoms with E-state index in [0.717, 1.165) is 11.4 Å². The van der Waals surface area contributed by atoms with Gasteiger partial charge in [0.2, 0.25) is 0 Å². The highest BCUT2D eigenvalue weighted by Gasteiger charge is 2.01. The number of ketones is 1. The van der Waals surface area contributed by atoms with E-state index in [-0.39, 0.29) is 5.78 Å². The molecule has 0 saturated carbocycles. The molecule has 4 nitrogen and oxygen atoms in total. The summed E-state index contributed by atoms with van der Waals surface area (Å²) in [5.41, 5.74) is 7.79. The summed E-state index contributed by atoms with van der Waals surface area (Å²) in [5.74, 6) is 0.635. The molecule has 2 rings (SSSR count). The summed E-state index contributed by atoms with van der Waals surface area (Å²) in [7, 11) is 1.59. The molecule has 0 atom stereocenters. The first-order valence-electron chi connectivity index (χ1n) is 6.16. The van der Waals surface area contributed by atoms with Crippen molar-refractivity contribution in [2.24, 2.45) is 0 Å². The Hall–Kier alpha value is -2.75. The van der Waals surface area contributed by atoms with E-state index in [9.17, 15) is 4.79 Å². The minimum atomic E-state index is -0.0883. The second-order valence-corrected chi connectivity index (χ2v) is 4.16. The van der Waals surface area contributed by atoms with Gasteiger partial charge in [0.25, 0.3) is 0 Å². The number of anilines is 2. The predicted octanol–water partition coefficient (Wildman–Crippen LogP) is 3.09. The second-order valence-electron chi connectivity index (χ2n) is 4.16. The van der Waals surface area contributed by atoms with Crippen molar-refractivity contribution in [2.45, 2.75) is 0 Å². The van der Waals surface area contributed by atoms with E-state index in [4.69, 9.17) is 10.5 Å². The van der Waals surface area contributed by atoms with Crippen molar-refractivity contribution in [1.29, 1.82) is 0 Å². The van der Waals surface area contributed by atoms with Gasteiger partial charge in [-0.2, -0.15) is 0 Å². The molecule has 0 aromatic heterocycles. The smallest absolute Gasteiger partial charge is 0.187 e. The molecular formula is C16H16N2O2. The van der Waals surface area contributed by atoms with Crippen LogP contribution in [0.15, 0.2) is 60.8 Å². The van der Waals surface area contributed by atoms with Gasteiger partial charge in [-0.05, 0) is 36.4 Å². The third kappa shape index (κ3) is 3.38. The molecule has 102 valence electrons. The number of nitrogen functional groups attached to an aromatic ring is 1. The summed E-state index contributed by atoms with van der Waals surface area (Å²) in [4.78, 5) is 11.9. The van der Waals surface area contributed by atoms with E-state index in [1.165, 1.54) is 6.08 Å². The van der Waals surface area contributed by atoms with Gasteiger partial charge in [0.1, 0.15) is 5.75 Å². The maximum absolute atomic E-state index is 11.9. The van der Waals surface area contributed by atoms with E-state index in [0.29, 0.717) is 11.3 Å². The van der Waals surface area contributed by atoms with Crippen LogP contribution < -0.4 is 15.8 Å². The van der Waals surface area contributed by atoms with E-state index in [2.05, 4.69) is 5.32 Å². The fourth-order valence-corrected chi connectivity index (χ4v) is 1.69. The Labute approximate surface area is 117 Å². The molecule has 2 aromatic carbocycles. The number of ether oxygens (including phenoxy) is 1. The van der Waals surface area contributed by atoms with Gasteiger partial charge in [0, 0.05) is 17.8 Å². The molecular weight excluding hydrogens is 252 g/mol. The lowest BCUT2D eigenvalue weighted by Gasteiger charge is -2.04. The zero-order valence-electron chi connectivity index (χ0n) is 11.2. The average Bonchev–Trinajstić information content (AvgIpc) is 2.49. The van der Waals surface area contributed by atoms with Crippen LogP contribution in [0, 0.1) is 0 Å². The first-order valence-corrected chi connectivity index (χ1v) is 6.16. The molecule has 20 heavy (non-hydrogen) atoms. The predicted molar refractivity (Wildman–Crippen MR) is 80.9 cm³/mol. The van der Waals surface area contributed by atoms with Crippen molar-refractivity contribution >= 4 is 17.2 Å². The first-order chi connectivity index (χ1) is 9.70. The maximum Gasteiger partial charge on any atom is 0.187 e. The highest BCUT2D eigenvalue weighted by atomic mass is 16.5. The van der Waals surface area contributed by atoms with Crippen molar-refractivity contribution in [3.8, 4) is 5.75 Å². The molecule has 0 unspecified atom stereocenters. The molecule has 3 N–H and O–H groups in total. The Morgan fingerprint density at radius 1 is 1.15 bits per heavy atom. The summed E-state index contributed by atoms with van der Waals surface area (Å²) < 4.78 is 5.05. The van der Waals surface area contributed by atoms with Crippen LogP contribution in [-0.4, -0.2) is 12.9 Å². The molecule has 2 aromatic rings. The van der Waals surface area contributed by atoms with Crippen LogP contribution in [0.3, 0.4) is 0 Å². The van der Waals surface area contributed by atoms with Gasteiger partial charge < -0.3 is 15.8 Å². The van der Waals surface area contributed by atoms with Crippen LogP contribution in [-0.2, 0) is 0 Å². The lowest BCUT2D eigenvalue weighted by atomic mass is 10.1. The van der Waals surface area contributed by atoms with E-state index < -0.39 is 0 Å². The fourth-order valence-electron chi connectivity index (χ4n) is 1.69. The summed E-state index contributed by atoms with van der Waals surface area (Å²) in [6.45, 7) is 0. The van der Waals surface area contributed by atoms with E-state index in [1.54, 1.807) is 43.6 Å². The topological polar surface area (TPSA) is 64.3 Å². The van der Waals surface area contributed by atoms with Gasteiger partial charge in [0.15, 0.2) is 5.78 Å². The zero-order valence-corrected chi connectivity index (χ0v) is 11.2. The summed E-state index contributed by atoms with van der Waals surface area (Å²) in [6, 6.07) is 14.3. The number of hydrogen-bond donors (Lipinski definition) is 2. The molecule has 0 bridgehead atoms. The van der Waals surface area contributed by atoms with Gasteiger partial charge in [-0.15, -0.1) is 0 Å². The van der Waals surface area contributed by atoms with Crippen LogP contribution in [0.4, 0.5) is 11.4 Å².